The second-order valence-electron chi connectivity index (χ2n) is 3.05. The Morgan fingerprint density at radius 1 is 1.11 bits per heavy atom. The topological polar surface area (TPSA) is 57.1 Å². The van der Waals surface area contributed by atoms with Gasteiger partial charge in [-0.05, 0) is 23.7 Å². The van der Waals surface area contributed by atoms with E-state index in [0.717, 1.165) is 18.2 Å². The predicted octanol–water partition coefficient (Wildman–Crippen LogP) is 2.60. The van der Waals surface area contributed by atoms with Crippen molar-refractivity contribution in [3.05, 3.63) is 35.1 Å². The van der Waals surface area contributed by atoms with Crippen LogP contribution in [0.4, 0.5) is 8.78 Å². The van der Waals surface area contributed by atoms with Crippen LogP contribution in [-0.4, -0.2) is 22.1 Å². The van der Waals surface area contributed by atoms with E-state index in [-0.39, 0.29) is 23.1 Å². The van der Waals surface area contributed by atoms with Crippen molar-refractivity contribution in [1.82, 2.24) is 15.0 Å². The molecule has 1 aromatic heterocycles. The molecule has 0 aliphatic carbocycles. The van der Waals surface area contributed by atoms with Crippen molar-refractivity contribution >= 4 is 11.6 Å². The number of aromatic nitrogens is 3. The van der Waals surface area contributed by atoms with E-state index in [1.807, 2.05) is 0 Å². The van der Waals surface area contributed by atoms with Crippen molar-refractivity contribution in [3.63, 3.8) is 0 Å². The third-order valence-corrected chi connectivity index (χ3v) is 2.01. The molecular formula is C10H6ClF2N3O2. The third kappa shape index (κ3) is 2.80. The zero-order chi connectivity index (χ0) is 13.1. The molecule has 2 rings (SSSR count). The van der Waals surface area contributed by atoms with Crippen LogP contribution in [0.3, 0.4) is 0 Å². The smallest absolute Gasteiger partial charge is 0.329 e. The van der Waals surface area contributed by atoms with Crippen molar-refractivity contribution in [2.45, 2.75) is 0 Å². The van der Waals surface area contributed by atoms with E-state index in [1.165, 1.54) is 7.11 Å². The van der Waals surface area contributed by atoms with E-state index in [1.54, 1.807) is 0 Å². The molecule has 0 N–H and O–H groups in total. The van der Waals surface area contributed by atoms with Crippen LogP contribution in [0, 0.1) is 11.6 Å². The van der Waals surface area contributed by atoms with E-state index < -0.39 is 11.6 Å². The molecule has 5 nitrogen and oxygen atoms in total. The highest BCUT2D eigenvalue weighted by atomic mass is 35.5. The van der Waals surface area contributed by atoms with Gasteiger partial charge < -0.3 is 9.47 Å². The van der Waals surface area contributed by atoms with Crippen LogP contribution >= 0.6 is 11.6 Å². The molecule has 1 aromatic carbocycles. The van der Waals surface area contributed by atoms with Crippen LogP contribution < -0.4 is 9.47 Å². The molecule has 94 valence electrons. The zero-order valence-electron chi connectivity index (χ0n) is 9.02. The van der Waals surface area contributed by atoms with Crippen molar-refractivity contribution in [2.75, 3.05) is 7.11 Å². The minimum atomic E-state index is -0.757. The second-order valence-corrected chi connectivity index (χ2v) is 3.39. The lowest BCUT2D eigenvalue weighted by Gasteiger charge is -2.05. The summed E-state index contributed by atoms with van der Waals surface area (Å²) in [6, 6.07) is 2.35. The molecule has 1 heterocycles. The number of ether oxygens (including phenoxy) is 2. The van der Waals surface area contributed by atoms with Gasteiger partial charge in [0.05, 0.1) is 7.11 Å². The van der Waals surface area contributed by atoms with E-state index in [0.29, 0.717) is 0 Å². The molecule has 0 saturated heterocycles. The molecule has 0 amide bonds. The van der Waals surface area contributed by atoms with Crippen molar-refractivity contribution in [3.8, 4) is 17.8 Å². The number of rotatable bonds is 3. The Hall–Kier alpha value is -2.02. The van der Waals surface area contributed by atoms with Gasteiger partial charge in [-0.1, -0.05) is 0 Å². The molecule has 0 bridgehead atoms. The molecule has 0 aliphatic heterocycles. The fourth-order valence-electron chi connectivity index (χ4n) is 1.11. The first kappa shape index (κ1) is 12.4. The Labute approximate surface area is 105 Å². The quantitative estimate of drug-likeness (QED) is 0.860. The number of benzene rings is 1. The van der Waals surface area contributed by atoms with Crippen LogP contribution in [-0.2, 0) is 0 Å². The Morgan fingerprint density at radius 3 is 2.56 bits per heavy atom. The molecule has 0 unspecified atom stereocenters. The lowest BCUT2D eigenvalue weighted by Crippen LogP contribution is -1.99. The van der Waals surface area contributed by atoms with Gasteiger partial charge in [0.15, 0.2) is 11.6 Å². The number of hydrogen-bond donors (Lipinski definition) is 0. The minimum absolute atomic E-state index is 0.0955. The summed E-state index contributed by atoms with van der Waals surface area (Å²) in [5, 5.41) is -0.186. The summed E-state index contributed by atoms with van der Waals surface area (Å²) in [5.74, 6) is -1.77. The van der Waals surface area contributed by atoms with Crippen LogP contribution in [0.5, 0.6) is 17.8 Å². The Kier molecular flexibility index (Phi) is 3.52. The van der Waals surface area contributed by atoms with Gasteiger partial charge in [-0.25, -0.2) is 8.78 Å². The molecule has 0 fully saturated rings. The van der Waals surface area contributed by atoms with Crippen LogP contribution in [0.2, 0.25) is 5.28 Å². The molecule has 2 aromatic rings. The molecule has 0 aliphatic rings. The molecular weight excluding hydrogens is 268 g/mol. The maximum atomic E-state index is 13.3. The van der Waals surface area contributed by atoms with Crippen molar-refractivity contribution in [1.29, 1.82) is 0 Å². The van der Waals surface area contributed by atoms with Gasteiger partial charge in [-0.3, -0.25) is 0 Å². The van der Waals surface area contributed by atoms with Gasteiger partial charge in [0, 0.05) is 6.07 Å². The normalized spacial score (nSPS) is 10.2. The maximum absolute atomic E-state index is 13.3. The summed E-state index contributed by atoms with van der Waals surface area (Å²) in [6.45, 7) is 0. The van der Waals surface area contributed by atoms with Crippen molar-refractivity contribution < 1.29 is 18.3 Å². The molecule has 0 saturated carbocycles. The highest BCUT2D eigenvalue weighted by Crippen LogP contribution is 2.24. The summed E-state index contributed by atoms with van der Waals surface area (Å²) >= 11 is 5.58. The zero-order valence-corrected chi connectivity index (χ0v) is 9.78. The fourth-order valence-corrected chi connectivity index (χ4v) is 1.25. The van der Waals surface area contributed by atoms with Crippen molar-refractivity contribution in [2.24, 2.45) is 0 Å². The lowest BCUT2D eigenvalue weighted by molar-refractivity contribution is 0.353. The molecule has 0 atom stereocenters. The van der Waals surface area contributed by atoms with E-state index in [4.69, 9.17) is 21.1 Å². The Balaban J connectivity index is 2.33. The maximum Gasteiger partial charge on any atom is 0.329 e. The highest BCUT2D eigenvalue weighted by Gasteiger charge is 2.11. The van der Waals surface area contributed by atoms with E-state index >= 15 is 0 Å². The van der Waals surface area contributed by atoms with Gasteiger partial charge in [-0.15, -0.1) is 4.98 Å². The first-order chi connectivity index (χ1) is 8.58. The first-order valence-electron chi connectivity index (χ1n) is 4.67. The number of hydrogen-bond acceptors (Lipinski definition) is 5. The SMILES string of the molecule is COc1nc(Cl)nc(Oc2cc(F)ccc2F)n1. The largest absolute Gasteiger partial charge is 0.467 e. The molecule has 8 heteroatoms. The summed E-state index contributed by atoms with van der Waals surface area (Å²) in [7, 11) is 1.32. The number of methoxy groups -OCH3 is 1. The monoisotopic (exact) mass is 273 g/mol. The average molecular weight is 274 g/mol. The van der Waals surface area contributed by atoms with Gasteiger partial charge in [0.1, 0.15) is 5.82 Å². The lowest BCUT2D eigenvalue weighted by atomic mass is 10.3. The van der Waals surface area contributed by atoms with Crippen LogP contribution in [0.1, 0.15) is 0 Å². The average Bonchev–Trinajstić information content (AvgIpc) is 2.33. The summed E-state index contributed by atoms with van der Waals surface area (Å²) < 4.78 is 35.9. The Bertz CT molecular complexity index is 583. The van der Waals surface area contributed by atoms with Gasteiger partial charge >= 0.3 is 12.0 Å². The Morgan fingerprint density at radius 2 is 1.83 bits per heavy atom. The van der Waals surface area contributed by atoms with Crippen LogP contribution in [0.15, 0.2) is 18.2 Å². The van der Waals surface area contributed by atoms with E-state index in [9.17, 15) is 8.78 Å². The van der Waals surface area contributed by atoms with Gasteiger partial charge in [0.2, 0.25) is 5.28 Å². The first-order valence-corrected chi connectivity index (χ1v) is 5.05. The molecule has 0 spiro atoms. The van der Waals surface area contributed by atoms with Gasteiger partial charge in [-0.2, -0.15) is 9.97 Å². The number of nitrogens with zero attached hydrogens (tertiary/aromatic N) is 3. The van der Waals surface area contributed by atoms with E-state index in [2.05, 4.69) is 15.0 Å². The van der Waals surface area contributed by atoms with Crippen LogP contribution in [0.25, 0.3) is 0 Å². The molecule has 18 heavy (non-hydrogen) atoms. The number of halogens is 3. The predicted molar refractivity (Wildman–Crippen MR) is 57.8 cm³/mol. The highest BCUT2D eigenvalue weighted by molar-refractivity contribution is 6.28. The van der Waals surface area contributed by atoms with Gasteiger partial charge in [0.25, 0.3) is 0 Å². The third-order valence-electron chi connectivity index (χ3n) is 1.84. The summed E-state index contributed by atoms with van der Waals surface area (Å²) in [6.07, 6.45) is 0. The minimum Gasteiger partial charge on any atom is -0.467 e. The fraction of sp³-hybridized carbons (Fsp3) is 0.100. The molecule has 0 radical (unpaired) electrons. The summed E-state index contributed by atoms with van der Waals surface area (Å²) in [5.41, 5.74) is 0. The second kappa shape index (κ2) is 5.09. The summed E-state index contributed by atoms with van der Waals surface area (Å²) in [4.78, 5) is 10.9. The standard InChI is InChI=1S/C10H6ClF2N3O2/c1-17-9-14-8(11)15-10(16-9)18-7-4-5(12)2-3-6(7)13/h2-4H,1H3.